The van der Waals surface area contributed by atoms with Gasteiger partial charge in [0.15, 0.2) is 6.61 Å². The maximum atomic E-state index is 10.7. The van der Waals surface area contributed by atoms with Crippen molar-refractivity contribution in [3.05, 3.63) is 53.2 Å². The Morgan fingerprint density at radius 2 is 1.82 bits per heavy atom. The standard InChI is InChI=1S/C23H27NO4/c1-4-5-6-7-17-13-24-21-9-8-18(12-20(17)21)28-23-15(2)10-19(11-16(23)3)27-14-22(25)26/h8-13,24H,4-7,14H2,1-3H3,(H,25,26). The van der Waals surface area contributed by atoms with E-state index in [-0.39, 0.29) is 6.61 Å². The van der Waals surface area contributed by atoms with Gasteiger partial charge >= 0.3 is 5.97 Å². The van der Waals surface area contributed by atoms with E-state index in [0.29, 0.717) is 5.75 Å². The molecule has 0 aliphatic heterocycles. The lowest BCUT2D eigenvalue weighted by Crippen LogP contribution is -2.09. The average Bonchev–Trinajstić information content (AvgIpc) is 3.05. The summed E-state index contributed by atoms with van der Waals surface area (Å²) in [6.07, 6.45) is 6.78. The molecule has 2 aromatic carbocycles. The maximum Gasteiger partial charge on any atom is 0.341 e. The monoisotopic (exact) mass is 381 g/mol. The predicted molar refractivity (Wildman–Crippen MR) is 111 cm³/mol. The van der Waals surface area contributed by atoms with E-state index >= 15 is 0 Å². The molecule has 0 aliphatic carbocycles. The summed E-state index contributed by atoms with van der Waals surface area (Å²) in [7, 11) is 0. The van der Waals surface area contributed by atoms with Crippen molar-refractivity contribution in [3.8, 4) is 17.2 Å². The highest BCUT2D eigenvalue weighted by molar-refractivity contribution is 5.84. The quantitative estimate of drug-likeness (QED) is 0.461. The van der Waals surface area contributed by atoms with Gasteiger partial charge in [0.05, 0.1) is 0 Å². The molecule has 5 nitrogen and oxygen atoms in total. The van der Waals surface area contributed by atoms with Gasteiger partial charge in [-0.2, -0.15) is 0 Å². The number of rotatable bonds is 9. The summed E-state index contributed by atoms with van der Waals surface area (Å²) in [6, 6.07) is 9.69. The summed E-state index contributed by atoms with van der Waals surface area (Å²) in [4.78, 5) is 14.0. The summed E-state index contributed by atoms with van der Waals surface area (Å²) in [6.45, 7) is 5.72. The number of nitrogens with one attached hydrogen (secondary N) is 1. The maximum absolute atomic E-state index is 10.7. The molecule has 3 aromatic rings. The van der Waals surface area contributed by atoms with Crippen LogP contribution < -0.4 is 9.47 Å². The molecule has 1 heterocycles. The lowest BCUT2D eigenvalue weighted by Gasteiger charge is -2.14. The number of ether oxygens (including phenoxy) is 2. The number of H-pyrrole nitrogens is 1. The highest BCUT2D eigenvalue weighted by atomic mass is 16.5. The fourth-order valence-corrected chi connectivity index (χ4v) is 3.41. The Balaban J connectivity index is 1.81. The van der Waals surface area contributed by atoms with Crippen molar-refractivity contribution in [2.24, 2.45) is 0 Å². The second-order valence-electron chi connectivity index (χ2n) is 7.15. The van der Waals surface area contributed by atoms with Crippen LogP contribution in [0.15, 0.2) is 36.5 Å². The van der Waals surface area contributed by atoms with Gasteiger partial charge < -0.3 is 19.6 Å². The molecule has 0 aliphatic rings. The van der Waals surface area contributed by atoms with Crippen molar-refractivity contribution in [2.75, 3.05) is 6.61 Å². The molecule has 0 saturated carbocycles. The largest absolute Gasteiger partial charge is 0.482 e. The molecule has 0 spiro atoms. The first-order chi connectivity index (χ1) is 13.5. The Hall–Kier alpha value is -2.95. The Bertz CT molecular complexity index is 951. The number of aliphatic carboxylic acids is 1. The highest BCUT2D eigenvalue weighted by Gasteiger charge is 2.11. The fourth-order valence-electron chi connectivity index (χ4n) is 3.41. The first-order valence-corrected chi connectivity index (χ1v) is 9.71. The van der Waals surface area contributed by atoms with E-state index in [0.717, 1.165) is 34.6 Å². The molecule has 0 fully saturated rings. The molecule has 2 N–H and O–H groups in total. The zero-order valence-corrected chi connectivity index (χ0v) is 16.7. The molecule has 0 radical (unpaired) electrons. The molecule has 0 unspecified atom stereocenters. The number of carbonyl (C=O) groups is 1. The third-order valence-corrected chi connectivity index (χ3v) is 4.80. The van der Waals surface area contributed by atoms with Gasteiger partial charge in [-0.3, -0.25) is 0 Å². The molecule has 3 rings (SSSR count). The molecule has 0 atom stereocenters. The Morgan fingerprint density at radius 3 is 2.50 bits per heavy atom. The number of aryl methyl sites for hydroxylation is 3. The molecule has 0 bridgehead atoms. The van der Waals surface area contributed by atoms with Crippen molar-refractivity contribution in [3.63, 3.8) is 0 Å². The molecule has 0 saturated heterocycles. The minimum absolute atomic E-state index is 0.357. The van der Waals surface area contributed by atoms with Crippen molar-refractivity contribution in [1.29, 1.82) is 0 Å². The van der Waals surface area contributed by atoms with Crippen molar-refractivity contribution in [2.45, 2.75) is 46.5 Å². The van der Waals surface area contributed by atoms with Crippen molar-refractivity contribution in [1.82, 2.24) is 4.98 Å². The number of fused-ring (bicyclic) bond motifs is 1. The topological polar surface area (TPSA) is 71.5 Å². The summed E-state index contributed by atoms with van der Waals surface area (Å²) in [5.41, 5.74) is 4.24. The first-order valence-electron chi connectivity index (χ1n) is 9.71. The number of benzene rings is 2. The summed E-state index contributed by atoms with van der Waals surface area (Å²) in [5.74, 6) is 1.09. The van der Waals surface area contributed by atoms with Crippen LogP contribution in [0.5, 0.6) is 17.2 Å². The molecule has 148 valence electrons. The van der Waals surface area contributed by atoms with E-state index in [1.54, 1.807) is 12.1 Å². The van der Waals surface area contributed by atoms with Gasteiger partial charge in [-0.15, -0.1) is 0 Å². The highest BCUT2D eigenvalue weighted by Crippen LogP contribution is 2.34. The number of unbranched alkanes of at least 4 members (excludes halogenated alkanes) is 2. The van der Waals surface area contributed by atoms with Crippen LogP contribution in [0.25, 0.3) is 10.9 Å². The van der Waals surface area contributed by atoms with E-state index in [9.17, 15) is 4.79 Å². The first kappa shape index (κ1) is 19.8. The van der Waals surface area contributed by atoms with Crippen LogP contribution in [-0.2, 0) is 11.2 Å². The van der Waals surface area contributed by atoms with Gasteiger partial charge in [-0.25, -0.2) is 4.79 Å². The van der Waals surface area contributed by atoms with E-state index in [1.807, 2.05) is 26.0 Å². The zero-order valence-electron chi connectivity index (χ0n) is 16.7. The number of carboxylic acids is 1. The van der Waals surface area contributed by atoms with Crippen LogP contribution in [0.4, 0.5) is 0 Å². The number of aromatic nitrogens is 1. The van der Waals surface area contributed by atoms with E-state index in [1.165, 1.54) is 30.2 Å². The summed E-state index contributed by atoms with van der Waals surface area (Å²) >= 11 is 0. The lowest BCUT2D eigenvalue weighted by molar-refractivity contribution is -0.139. The van der Waals surface area contributed by atoms with Gasteiger partial charge in [-0.1, -0.05) is 19.8 Å². The van der Waals surface area contributed by atoms with Crippen LogP contribution in [0.1, 0.15) is 42.9 Å². The Labute approximate surface area is 165 Å². The van der Waals surface area contributed by atoms with Crippen LogP contribution in [0.2, 0.25) is 0 Å². The Morgan fingerprint density at radius 1 is 1.07 bits per heavy atom. The number of hydrogen-bond donors (Lipinski definition) is 2. The smallest absolute Gasteiger partial charge is 0.341 e. The third-order valence-electron chi connectivity index (χ3n) is 4.80. The van der Waals surface area contributed by atoms with Crippen LogP contribution in [0, 0.1) is 13.8 Å². The van der Waals surface area contributed by atoms with Crippen molar-refractivity contribution < 1.29 is 19.4 Å². The SMILES string of the molecule is CCCCCc1c[nH]c2ccc(Oc3c(C)cc(OCC(=O)O)cc3C)cc12. The van der Waals surface area contributed by atoms with Gasteiger partial charge in [0.1, 0.15) is 17.2 Å². The number of aromatic amines is 1. The minimum atomic E-state index is -0.995. The van der Waals surface area contributed by atoms with Crippen LogP contribution in [-0.4, -0.2) is 22.7 Å². The Kier molecular flexibility index (Phi) is 6.24. The summed E-state index contributed by atoms with van der Waals surface area (Å²) < 4.78 is 11.5. The van der Waals surface area contributed by atoms with Gasteiger partial charge in [0, 0.05) is 17.1 Å². The fraction of sp³-hybridized carbons (Fsp3) is 0.348. The van der Waals surface area contributed by atoms with E-state index in [4.69, 9.17) is 14.6 Å². The molecule has 0 amide bonds. The molecule has 28 heavy (non-hydrogen) atoms. The van der Waals surface area contributed by atoms with E-state index < -0.39 is 5.97 Å². The lowest BCUT2D eigenvalue weighted by atomic mass is 10.1. The van der Waals surface area contributed by atoms with Crippen LogP contribution in [0.3, 0.4) is 0 Å². The molecular weight excluding hydrogens is 354 g/mol. The van der Waals surface area contributed by atoms with E-state index in [2.05, 4.69) is 24.2 Å². The normalized spacial score (nSPS) is 11.0. The number of hydrogen-bond acceptors (Lipinski definition) is 3. The van der Waals surface area contributed by atoms with Gasteiger partial charge in [0.2, 0.25) is 0 Å². The van der Waals surface area contributed by atoms with Gasteiger partial charge in [0.25, 0.3) is 0 Å². The minimum Gasteiger partial charge on any atom is -0.482 e. The second-order valence-corrected chi connectivity index (χ2v) is 7.15. The third kappa shape index (κ3) is 4.66. The second kappa shape index (κ2) is 8.83. The predicted octanol–water partition coefficient (Wildman–Crippen LogP) is 5.77. The molecule has 5 heteroatoms. The van der Waals surface area contributed by atoms with Crippen LogP contribution >= 0.6 is 0 Å². The molecule has 1 aromatic heterocycles. The average molecular weight is 381 g/mol. The zero-order chi connectivity index (χ0) is 20.1. The number of carboxylic acid groups (broad SMARTS) is 1. The van der Waals surface area contributed by atoms with Gasteiger partial charge in [-0.05, 0) is 73.7 Å². The summed E-state index contributed by atoms with van der Waals surface area (Å²) in [5, 5.41) is 9.97. The molecular formula is C23H27NO4. The van der Waals surface area contributed by atoms with Crippen molar-refractivity contribution >= 4 is 16.9 Å².